The Balaban J connectivity index is 1.56. The second-order valence-electron chi connectivity index (χ2n) is 7.21. The normalized spacial score (nSPS) is 17.7. The molecule has 0 unspecified atom stereocenters. The van der Waals surface area contributed by atoms with Crippen LogP contribution < -0.4 is 5.32 Å². The van der Waals surface area contributed by atoms with Gasteiger partial charge >= 0.3 is 0 Å². The van der Waals surface area contributed by atoms with Crippen LogP contribution in [0.3, 0.4) is 0 Å². The van der Waals surface area contributed by atoms with Crippen LogP contribution in [0.25, 0.3) is 22.2 Å². The highest BCUT2D eigenvalue weighted by molar-refractivity contribution is 5.89. The van der Waals surface area contributed by atoms with Gasteiger partial charge < -0.3 is 15.2 Å². The number of rotatable bonds is 4. The minimum atomic E-state index is 0.429. The van der Waals surface area contributed by atoms with E-state index in [0.29, 0.717) is 11.6 Å². The molecule has 1 aliphatic rings. The van der Waals surface area contributed by atoms with Crippen LogP contribution in [0, 0.1) is 18.3 Å². The number of nitrogens with one attached hydrogen (secondary N) is 2. The lowest BCUT2D eigenvalue weighted by molar-refractivity contribution is 0.226. The number of anilines is 1. The summed E-state index contributed by atoms with van der Waals surface area (Å²) in [5.74, 6) is 0.840. The van der Waals surface area contributed by atoms with Crippen molar-refractivity contribution in [2.45, 2.75) is 32.7 Å². The van der Waals surface area contributed by atoms with Crippen molar-refractivity contribution in [1.82, 2.24) is 20.1 Å². The maximum Gasteiger partial charge on any atom is 0.149 e. The van der Waals surface area contributed by atoms with Crippen molar-refractivity contribution in [3.8, 4) is 17.3 Å². The number of H-pyrrole nitrogens is 1. The van der Waals surface area contributed by atoms with Gasteiger partial charge in [0, 0.05) is 35.2 Å². The number of aryl methyl sites for hydroxylation is 1. The van der Waals surface area contributed by atoms with E-state index in [2.05, 4.69) is 51.4 Å². The molecule has 1 saturated heterocycles. The summed E-state index contributed by atoms with van der Waals surface area (Å²) in [6, 6.07) is 10.7. The van der Waals surface area contributed by atoms with E-state index in [0.717, 1.165) is 46.6 Å². The van der Waals surface area contributed by atoms with Crippen molar-refractivity contribution in [3.63, 3.8) is 0 Å². The van der Waals surface area contributed by atoms with Crippen LogP contribution in [0.15, 0.2) is 30.5 Å². The molecule has 0 saturated carbocycles. The molecule has 3 aromatic rings. The average molecular weight is 360 g/mol. The molecule has 1 aromatic carbocycles. The Hall–Kier alpha value is -2.91. The molecule has 27 heavy (non-hydrogen) atoms. The summed E-state index contributed by atoms with van der Waals surface area (Å²) in [5.41, 5.74) is 4.55. The average Bonchev–Trinajstić information content (AvgIpc) is 3.10. The van der Waals surface area contributed by atoms with E-state index in [4.69, 9.17) is 5.26 Å². The van der Waals surface area contributed by atoms with Crippen LogP contribution in [-0.2, 0) is 0 Å². The lowest BCUT2D eigenvalue weighted by atomic mass is 10.0. The fourth-order valence-electron chi connectivity index (χ4n) is 3.88. The van der Waals surface area contributed by atoms with Crippen LogP contribution in [0.1, 0.15) is 30.9 Å². The van der Waals surface area contributed by atoms with Gasteiger partial charge in [0.1, 0.15) is 11.9 Å². The molecule has 1 atom stereocenters. The Morgan fingerprint density at radius 2 is 2.22 bits per heavy atom. The summed E-state index contributed by atoms with van der Waals surface area (Å²) in [7, 11) is 0. The maximum absolute atomic E-state index is 9.15. The largest absolute Gasteiger partial charge is 0.365 e. The maximum atomic E-state index is 9.15. The summed E-state index contributed by atoms with van der Waals surface area (Å²) < 4.78 is 0. The van der Waals surface area contributed by atoms with Gasteiger partial charge in [-0.3, -0.25) is 0 Å². The van der Waals surface area contributed by atoms with Crippen molar-refractivity contribution in [3.05, 3.63) is 41.6 Å². The van der Waals surface area contributed by atoms with E-state index in [-0.39, 0.29) is 0 Å². The molecule has 138 valence electrons. The van der Waals surface area contributed by atoms with E-state index in [1.807, 2.05) is 18.2 Å². The van der Waals surface area contributed by atoms with Crippen LogP contribution in [0.2, 0.25) is 0 Å². The Morgan fingerprint density at radius 3 is 3.00 bits per heavy atom. The zero-order valence-corrected chi connectivity index (χ0v) is 15.8. The van der Waals surface area contributed by atoms with Crippen molar-refractivity contribution in [1.29, 1.82) is 5.26 Å². The number of likely N-dealkylation sites (tertiary alicyclic amines) is 1. The predicted octanol–water partition coefficient (Wildman–Crippen LogP) is 3.70. The Bertz CT molecular complexity index is 1000. The Morgan fingerprint density at radius 1 is 1.33 bits per heavy atom. The van der Waals surface area contributed by atoms with Gasteiger partial charge in [-0.05, 0) is 50.6 Å². The monoisotopic (exact) mass is 360 g/mol. The molecular formula is C21H24N6. The van der Waals surface area contributed by atoms with Crippen LogP contribution in [0.4, 0.5) is 5.82 Å². The quantitative estimate of drug-likeness (QED) is 0.741. The van der Waals surface area contributed by atoms with Crippen molar-refractivity contribution in [2.24, 2.45) is 0 Å². The minimum absolute atomic E-state index is 0.429. The molecule has 0 bridgehead atoms. The molecule has 6 heteroatoms. The number of hydrogen-bond acceptors (Lipinski definition) is 5. The molecule has 0 spiro atoms. The molecule has 4 rings (SSSR count). The summed E-state index contributed by atoms with van der Waals surface area (Å²) in [6.45, 7) is 7.61. The van der Waals surface area contributed by atoms with Crippen LogP contribution in [0.5, 0.6) is 0 Å². The molecule has 6 nitrogen and oxygen atoms in total. The summed E-state index contributed by atoms with van der Waals surface area (Å²) in [6.07, 6.45) is 4.13. The third kappa shape index (κ3) is 3.51. The number of aromatic amines is 1. The minimum Gasteiger partial charge on any atom is -0.365 e. The van der Waals surface area contributed by atoms with Gasteiger partial charge in [0.05, 0.1) is 11.3 Å². The molecule has 1 aliphatic heterocycles. The third-order valence-corrected chi connectivity index (χ3v) is 5.36. The number of piperidine rings is 1. The molecular weight excluding hydrogens is 336 g/mol. The van der Waals surface area contributed by atoms with Crippen molar-refractivity contribution < 1.29 is 0 Å². The highest BCUT2D eigenvalue weighted by atomic mass is 15.2. The number of benzene rings is 1. The molecule has 0 radical (unpaired) electrons. The van der Waals surface area contributed by atoms with E-state index >= 15 is 0 Å². The third-order valence-electron chi connectivity index (χ3n) is 5.36. The van der Waals surface area contributed by atoms with E-state index in [1.54, 1.807) is 6.20 Å². The van der Waals surface area contributed by atoms with Gasteiger partial charge in [0.25, 0.3) is 0 Å². The molecule has 0 aliphatic carbocycles. The van der Waals surface area contributed by atoms with Gasteiger partial charge in [0.2, 0.25) is 0 Å². The number of aromatic nitrogens is 3. The van der Waals surface area contributed by atoms with Crippen molar-refractivity contribution >= 4 is 16.7 Å². The topological polar surface area (TPSA) is 80.6 Å². The first-order valence-corrected chi connectivity index (χ1v) is 9.52. The van der Waals surface area contributed by atoms with Gasteiger partial charge in [-0.1, -0.05) is 19.1 Å². The Labute approximate surface area is 159 Å². The number of fused-ring (bicyclic) bond motifs is 1. The highest BCUT2D eigenvalue weighted by Crippen LogP contribution is 2.27. The molecule has 2 N–H and O–H groups in total. The molecule has 0 amide bonds. The second kappa shape index (κ2) is 7.37. The van der Waals surface area contributed by atoms with Gasteiger partial charge in [0.15, 0.2) is 0 Å². The summed E-state index contributed by atoms with van der Waals surface area (Å²) in [4.78, 5) is 5.63. The Kier molecular flexibility index (Phi) is 4.78. The fraction of sp³-hybridized carbons (Fsp3) is 0.381. The number of nitriles is 1. The highest BCUT2D eigenvalue weighted by Gasteiger charge is 2.19. The van der Waals surface area contributed by atoms with Crippen LogP contribution in [-0.4, -0.2) is 45.8 Å². The number of nitrogens with zero attached hydrogens (tertiary/aromatic N) is 4. The molecule has 3 heterocycles. The van der Waals surface area contributed by atoms with Gasteiger partial charge in [-0.2, -0.15) is 5.26 Å². The first kappa shape index (κ1) is 17.5. The van der Waals surface area contributed by atoms with Crippen LogP contribution >= 0.6 is 0 Å². The smallest absolute Gasteiger partial charge is 0.149 e. The van der Waals surface area contributed by atoms with E-state index < -0.39 is 0 Å². The van der Waals surface area contributed by atoms with E-state index in [1.165, 1.54) is 19.4 Å². The molecule has 1 fully saturated rings. The summed E-state index contributed by atoms with van der Waals surface area (Å²) >= 11 is 0. The predicted molar refractivity (Wildman–Crippen MR) is 108 cm³/mol. The van der Waals surface area contributed by atoms with Crippen molar-refractivity contribution in [2.75, 3.05) is 25.0 Å². The summed E-state index contributed by atoms with van der Waals surface area (Å²) in [5, 5.41) is 22.5. The zero-order valence-electron chi connectivity index (χ0n) is 15.8. The first-order valence-electron chi connectivity index (χ1n) is 9.52. The standard InChI is InChI=1S/C21H24N6/c1-3-27-8-4-5-17(13-27)24-20-9-14(2)21(26-25-20)15-6-7-18-16(11-22)12-23-19(18)10-15/h6-7,9-10,12,17,23H,3-5,8,13H2,1-2H3,(H,24,25)/t17-/m1/s1. The zero-order chi connectivity index (χ0) is 18.8. The SMILES string of the molecule is CCN1CCC[C@@H](Nc2cc(C)c(-c3ccc4c(C#N)c[nH]c4c3)nn2)C1. The lowest BCUT2D eigenvalue weighted by Gasteiger charge is -2.32. The number of hydrogen-bond donors (Lipinski definition) is 2. The first-order chi connectivity index (χ1) is 13.2. The molecule has 2 aromatic heterocycles. The lowest BCUT2D eigenvalue weighted by Crippen LogP contribution is -2.42. The van der Waals surface area contributed by atoms with Gasteiger partial charge in [-0.25, -0.2) is 0 Å². The van der Waals surface area contributed by atoms with Gasteiger partial charge in [-0.15, -0.1) is 10.2 Å². The van der Waals surface area contributed by atoms with E-state index in [9.17, 15) is 0 Å². The number of likely N-dealkylation sites (N-methyl/N-ethyl adjacent to an activating group) is 1. The fourth-order valence-corrected chi connectivity index (χ4v) is 3.88. The second-order valence-corrected chi connectivity index (χ2v) is 7.21.